The van der Waals surface area contributed by atoms with Gasteiger partial charge in [0.05, 0.1) is 0 Å². The molecular weight excluding hydrogens is 358 g/mol. The van der Waals surface area contributed by atoms with Gasteiger partial charge in [-0.25, -0.2) is 4.98 Å². The first-order chi connectivity index (χ1) is 12.0. The highest BCUT2D eigenvalue weighted by atomic mass is 35.5. The number of carbonyl (C=O) groups excluding carboxylic acids is 1. The van der Waals surface area contributed by atoms with Crippen molar-refractivity contribution in [3.8, 4) is 0 Å². The van der Waals surface area contributed by atoms with Gasteiger partial charge in [-0.15, -0.1) is 11.8 Å². The maximum atomic E-state index is 12.5. The number of nitrogens with zero attached hydrogens (tertiary/aromatic N) is 2. The maximum Gasteiger partial charge on any atom is 0.270 e. The number of pyridine rings is 1. The number of aromatic nitrogens is 2. The van der Waals surface area contributed by atoms with E-state index in [1.165, 1.54) is 10.6 Å². The lowest BCUT2D eigenvalue weighted by atomic mass is 10.2. The van der Waals surface area contributed by atoms with Gasteiger partial charge in [0.15, 0.2) is 0 Å². The van der Waals surface area contributed by atoms with E-state index in [1.807, 2.05) is 37.3 Å². The van der Waals surface area contributed by atoms with Crippen molar-refractivity contribution >= 4 is 34.9 Å². The van der Waals surface area contributed by atoms with Crippen molar-refractivity contribution in [2.75, 3.05) is 12.3 Å². The first kappa shape index (κ1) is 17.5. The fraction of sp³-hybridized carbons (Fsp3) is 0.167. The van der Waals surface area contributed by atoms with Crippen molar-refractivity contribution in [2.45, 2.75) is 11.8 Å². The second-order valence-corrected chi connectivity index (χ2v) is 7.07. The number of amides is 1. The summed E-state index contributed by atoms with van der Waals surface area (Å²) >= 11 is 7.45. The molecule has 128 valence electrons. The van der Waals surface area contributed by atoms with Crippen LogP contribution in [0.25, 0.3) is 5.65 Å². The summed E-state index contributed by atoms with van der Waals surface area (Å²) in [7, 11) is 0. The number of nitrogens with one attached hydrogen (secondary N) is 1. The van der Waals surface area contributed by atoms with Gasteiger partial charge in [0.25, 0.3) is 11.5 Å². The zero-order valence-corrected chi connectivity index (χ0v) is 15.1. The van der Waals surface area contributed by atoms with Crippen LogP contribution in [0.2, 0.25) is 5.02 Å². The number of hydrogen-bond donors (Lipinski definition) is 1. The van der Waals surface area contributed by atoms with Crippen LogP contribution in [0.15, 0.2) is 58.5 Å². The molecule has 0 saturated heterocycles. The molecule has 0 radical (unpaired) electrons. The number of carbonyl (C=O) groups is 1. The largest absolute Gasteiger partial charge is 0.351 e. The Morgan fingerprint density at radius 3 is 2.76 bits per heavy atom. The van der Waals surface area contributed by atoms with E-state index in [0.29, 0.717) is 23.0 Å². The molecule has 1 amide bonds. The van der Waals surface area contributed by atoms with Crippen molar-refractivity contribution in [2.24, 2.45) is 0 Å². The van der Waals surface area contributed by atoms with Crippen LogP contribution in [0.4, 0.5) is 0 Å². The number of benzene rings is 1. The molecular formula is C18H16ClN3O2S. The van der Waals surface area contributed by atoms with Crippen molar-refractivity contribution in [1.82, 2.24) is 14.7 Å². The van der Waals surface area contributed by atoms with E-state index in [0.717, 1.165) is 10.5 Å². The van der Waals surface area contributed by atoms with E-state index in [1.54, 1.807) is 24.0 Å². The molecule has 0 aliphatic heterocycles. The van der Waals surface area contributed by atoms with Gasteiger partial charge in [-0.3, -0.25) is 14.0 Å². The van der Waals surface area contributed by atoms with Crippen LogP contribution < -0.4 is 10.9 Å². The summed E-state index contributed by atoms with van der Waals surface area (Å²) in [6, 6.07) is 11.1. The number of fused-ring (bicyclic) bond motifs is 1. The summed E-state index contributed by atoms with van der Waals surface area (Å²) < 4.78 is 1.40. The standard InChI is InChI=1S/C18H16ClN3O2S/c1-12-2-7-16-21-10-15(18(24)22(16)11-12)17(23)20-8-9-25-14-5-3-13(19)4-6-14/h2-7,10-11H,8-9H2,1H3,(H,20,23). The molecule has 0 atom stereocenters. The van der Waals surface area contributed by atoms with E-state index in [-0.39, 0.29) is 11.1 Å². The highest BCUT2D eigenvalue weighted by molar-refractivity contribution is 7.99. The van der Waals surface area contributed by atoms with Gasteiger partial charge in [0, 0.05) is 34.6 Å². The average Bonchev–Trinajstić information content (AvgIpc) is 2.61. The second kappa shape index (κ2) is 7.72. The van der Waals surface area contributed by atoms with Crippen molar-refractivity contribution < 1.29 is 4.79 Å². The van der Waals surface area contributed by atoms with Gasteiger partial charge in [-0.1, -0.05) is 17.7 Å². The number of halogens is 1. The van der Waals surface area contributed by atoms with Crippen molar-refractivity contribution in [1.29, 1.82) is 0 Å². The van der Waals surface area contributed by atoms with E-state index in [9.17, 15) is 9.59 Å². The van der Waals surface area contributed by atoms with E-state index in [4.69, 9.17) is 11.6 Å². The molecule has 5 nitrogen and oxygen atoms in total. The molecule has 2 aromatic heterocycles. The molecule has 2 heterocycles. The Bertz CT molecular complexity index is 970. The Morgan fingerprint density at radius 2 is 2.00 bits per heavy atom. The number of aryl methyl sites for hydroxylation is 1. The SMILES string of the molecule is Cc1ccc2ncc(C(=O)NCCSc3ccc(Cl)cc3)c(=O)n2c1. The van der Waals surface area contributed by atoms with Crippen LogP contribution in [-0.2, 0) is 0 Å². The Morgan fingerprint density at radius 1 is 1.24 bits per heavy atom. The van der Waals surface area contributed by atoms with Gasteiger partial charge in [0.1, 0.15) is 11.2 Å². The molecule has 1 aromatic carbocycles. The summed E-state index contributed by atoms with van der Waals surface area (Å²) in [5.74, 6) is 0.277. The lowest BCUT2D eigenvalue weighted by molar-refractivity contribution is 0.0954. The fourth-order valence-electron chi connectivity index (χ4n) is 2.30. The van der Waals surface area contributed by atoms with Crippen molar-refractivity contribution in [3.63, 3.8) is 0 Å². The van der Waals surface area contributed by atoms with Gasteiger partial charge in [-0.2, -0.15) is 0 Å². The minimum atomic E-state index is -0.412. The van der Waals surface area contributed by atoms with Crippen LogP contribution in [0, 0.1) is 6.92 Å². The summed E-state index contributed by atoms with van der Waals surface area (Å²) in [6.45, 7) is 2.33. The smallest absolute Gasteiger partial charge is 0.270 e. The number of thioether (sulfide) groups is 1. The van der Waals surface area contributed by atoms with Crippen LogP contribution in [0.3, 0.4) is 0 Å². The summed E-state index contributed by atoms with van der Waals surface area (Å²) in [5, 5.41) is 3.45. The van der Waals surface area contributed by atoms with E-state index in [2.05, 4.69) is 10.3 Å². The number of rotatable bonds is 5. The quantitative estimate of drug-likeness (QED) is 0.551. The molecule has 0 unspecified atom stereocenters. The molecule has 0 spiro atoms. The Hall–Kier alpha value is -2.31. The van der Waals surface area contributed by atoms with Crippen LogP contribution >= 0.6 is 23.4 Å². The third kappa shape index (κ3) is 4.21. The Balaban J connectivity index is 1.63. The zero-order valence-electron chi connectivity index (χ0n) is 13.5. The molecule has 0 aliphatic carbocycles. The molecule has 0 bridgehead atoms. The Kier molecular flexibility index (Phi) is 5.40. The fourth-order valence-corrected chi connectivity index (χ4v) is 3.19. The lowest BCUT2D eigenvalue weighted by Crippen LogP contribution is -2.32. The topological polar surface area (TPSA) is 63.5 Å². The summed E-state index contributed by atoms with van der Waals surface area (Å²) in [4.78, 5) is 30.0. The van der Waals surface area contributed by atoms with E-state index < -0.39 is 5.91 Å². The van der Waals surface area contributed by atoms with Gasteiger partial charge in [0.2, 0.25) is 0 Å². The second-order valence-electron chi connectivity index (χ2n) is 5.47. The van der Waals surface area contributed by atoms with Crippen LogP contribution in [-0.4, -0.2) is 27.6 Å². The third-order valence-corrected chi connectivity index (χ3v) is 4.83. The van der Waals surface area contributed by atoms with Gasteiger partial charge < -0.3 is 5.32 Å². The molecule has 0 fully saturated rings. The summed E-state index contributed by atoms with van der Waals surface area (Å²) in [5.41, 5.74) is 1.12. The monoisotopic (exact) mass is 373 g/mol. The molecule has 7 heteroatoms. The third-order valence-electron chi connectivity index (χ3n) is 3.56. The highest BCUT2D eigenvalue weighted by Crippen LogP contribution is 2.19. The molecule has 3 aromatic rings. The molecule has 1 N–H and O–H groups in total. The molecule has 3 rings (SSSR count). The van der Waals surface area contributed by atoms with Gasteiger partial charge >= 0.3 is 0 Å². The molecule has 25 heavy (non-hydrogen) atoms. The van der Waals surface area contributed by atoms with Crippen molar-refractivity contribution in [3.05, 3.63) is 75.3 Å². The molecule has 0 aliphatic rings. The zero-order chi connectivity index (χ0) is 17.8. The first-order valence-electron chi connectivity index (χ1n) is 7.69. The Labute approximate surface area is 154 Å². The number of hydrogen-bond acceptors (Lipinski definition) is 4. The minimum absolute atomic E-state index is 0.0413. The van der Waals surface area contributed by atoms with E-state index >= 15 is 0 Å². The minimum Gasteiger partial charge on any atom is -0.351 e. The first-order valence-corrected chi connectivity index (χ1v) is 9.05. The van der Waals surface area contributed by atoms with Crippen LogP contribution in [0.5, 0.6) is 0 Å². The highest BCUT2D eigenvalue weighted by Gasteiger charge is 2.12. The lowest BCUT2D eigenvalue weighted by Gasteiger charge is -2.07. The maximum absolute atomic E-state index is 12.5. The molecule has 0 saturated carbocycles. The summed E-state index contributed by atoms with van der Waals surface area (Å²) in [6.07, 6.45) is 3.01. The average molecular weight is 374 g/mol. The van der Waals surface area contributed by atoms with Crippen LogP contribution in [0.1, 0.15) is 15.9 Å². The predicted octanol–water partition coefficient (Wildman–Crippen LogP) is 3.18. The normalized spacial score (nSPS) is 10.8. The predicted molar refractivity (Wildman–Crippen MR) is 101 cm³/mol. The van der Waals surface area contributed by atoms with Gasteiger partial charge in [-0.05, 0) is 42.8 Å².